The fourth-order valence-electron chi connectivity index (χ4n) is 2.21. The second-order valence-corrected chi connectivity index (χ2v) is 5.33. The summed E-state index contributed by atoms with van der Waals surface area (Å²) in [5.41, 5.74) is 1.56. The quantitative estimate of drug-likeness (QED) is 0.800. The Bertz CT molecular complexity index is 737. The number of rotatable bonds is 4. The Morgan fingerprint density at radius 2 is 2.25 bits per heavy atom. The Hall–Kier alpha value is -1.79. The van der Waals surface area contributed by atoms with E-state index in [4.69, 9.17) is 4.42 Å². The number of benzene rings is 1. The van der Waals surface area contributed by atoms with Gasteiger partial charge in [0.2, 0.25) is 0 Å². The number of aromatic nitrogens is 2. The van der Waals surface area contributed by atoms with Crippen LogP contribution in [0.4, 0.5) is 4.39 Å². The van der Waals surface area contributed by atoms with E-state index in [0.29, 0.717) is 5.58 Å². The van der Waals surface area contributed by atoms with Crippen molar-refractivity contribution in [3.05, 3.63) is 46.4 Å². The van der Waals surface area contributed by atoms with E-state index in [1.807, 2.05) is 19.9 Å². The van der Waals surface area contributed by atoms with E-state index in [0.717, 1.165) is 28.3 Å². The second kappa shape index (κ2) is 5.30. The molecule has 4 nitrogen and oxygen atoms in total. The minimum absolute atomic E-state index is 0.101. The van der Waals surface area contributed by atoms with Gasteiger partial charge in [-0.3, -0.25) is 0 Å². The number of hydrogen-bond acceptors (Lipinski definition) is 5. The van der Waals surface area contributed by atoms with Gasteiger partial charge in [-0.2, -0.15) is 0 Å². The standard InChI is InChI=1S/C14H14FN3OS/c1-3-16-13(14-8(2)17-18-20-14)12-7-9-6-10(15)4-5-11(9)19-12/h4-7,13,16H,3H2,1-2H3. The molecule has 1 atom stereocenters. The van der Waals surface area contributed by atoms with Crippen molar-refractivity contribution < 1.29 is 8.81 Å². The van der Waals surface area contributed by atoms with Gasteiger partial charge in [0.1, 0.15) is 23.2 Å². The van der Waals surface area contributed by atoms with Gasteiger partial charge in [-0.25, -0.2) is 4.39 Å². The largest absolute Gasteiger partial charge is 0.459 e. The van der Waals surface area contributed by atoms with E-state index in [9.17, 15) is 4.39 Å². The zero-order valence-corrected chi connectivity index (χ0v) is 12.0. The first-order valence-corrected chi connectivity index (χ1v) is 7.17. The average Bonchev–Trinajstić information content (AvgIpc) is 3.01. The minimum atomic E-state index is -0.263. The Balaban J connectivity index is 2.07. The van der Waals surface area contributed by atoms with Crippen molar-refractivity contribution in [2.75, 3.05) is 6.54 Å². The molecule has 104 valence electrons. The van der Waals surface area contributed by atoms with Crippen LogP contribution in [0.25, 0.3) is 11.0 Å². The van der Waals surface area contributed by atoms with Crippen molar-refractivity contribution in [1.82, 2.24) is 14.9 Å². The number of furan rings is 1. The molecule has 1 unspecified atom stereocenters. The van der Waals surface area contributed by atoms with E-state index in [1.54, 1.807) is 6.07 Å². The van der Waals surface area contributed by atoms with E-state index in [-0.39, 0.29) is 11.9 Å². The molecule has 2 aromatic heterocycles. The summed E-state index contributed by atoms with van der Waals surface area (Å²) in [4.78, 5) is 1.02. The van der Waals surface area contributed by atoms with Crippen LogP contribution in [0.5, 0.6) is 0 Å². The summed E-state index contributed by atoms with van der Waals surface area (Å²) in [6, 6.07) is 6.29. The fraction of sp³-hybridized carbons (Fsp3) is 0.286. The molecule has 20 heavy (non-hydrogen) atoms. The third-order valence-corrected chi connectivity index (χ3v) is 4.03. The number of fused-ring (bicyclic) bond motifs is 1. The molecule has 0 spiro atoms. The molecule has 1 aromatic carbocycles. The van der Waals surface area contributed by atoms with Crippen LogP contribution in [0.15, 0.2) is 28.7 Å². The maximum atomic E-state index is 13.3. The van der Waals surface area contributed by atoms with Crippen molar-refractivity contribution in [3.63, 3.8) is 0 Å². The van der Waals surface area contributed by atoms with Crippen molar-refractivity contribution in [1.29, 1.82) is 0 Å². The maximum absolute atomic E-state index is 13.3. The molecule has 0 saturated heterocycles. The van der Waals surface area contributed by atoms with Gasteiger partial charge in [0.05, 0.1) is 10.6 Å². The predicted octanol–water partition coefficient (Wildman–Crippen LogP) is 3.43. The molecule has 0 fully saturated rings. The van der Waals surface area contributed by atoms with E-state index in [2.05, 4.69) is 14.9 Å². The summed E-state index contributed by atoms with van der Waals surface area (Å²) in [5.74, 6) is 0.488. The van der Waals surface area contributed by atoms with Crippen LogP contribution in [-0.2, 0) is 0 Å². The zero-order valence-electron chi connectivity index (χ0n) is 11.2. The smallest absolute Gasteiger partial charge is 0.134 e. The molecule has 0 aliphatic rings. The van der Waals surface area contributed by atoms with E-state index < -0.39 is 0 Å². The Morgan fingerprint density at radius 1 is 1.40 bits per heavy atom. The minimum Gasteiger partial charge on any atom is -0.459 e. The summed E-state index contributed by atoms with van der Waals surface area (Å²) >= 11 is 1.35. The van der Waals surface area contributed by atoms with Crippen LogP contribution in [0.3, 0.4) is 0 Å². The first-order valence-electron chi connectivity index (χ1n) is 6.40. The lowest BCUT2D eigenvalue weighted by atomic mass is 10.1. The van der Waals surface area contributed by atoms with Gasteiger partial charge in [0.15, 0.2) is 0 Å². The van der Waals surface area contributed by atoms with Gasteiger partial charge >= 0.3 is 0 Å². The lowest BCUT2D eigenvalue weighted by Crippen LogP contribution is -2.21. The average molecular weight is 291 g/mol. The van der Waals surface area contributed by atoms with Crippen LogP contribution in [0.1, 0.15) is 29.3 Å². The van der Waals surface area contributed by atoms with Crippen LogP contribution >= 0.6 is 11.5 Å². The monoisotopic (exact) mass is 291 g/mol. The highest BCUT2D eigenvalue weighted by molar-refractivity contribution is 7.05. The summed E-state index contributed by atoms with van der Waals surface area (Å²) in [7, 11) is 0. The normalized spacial score (nSPS) is 12.9. The molecule has 1 N–H and O–H groups in total. The van der Waals surface area contributed by atoms with Crippen molar-refractivity contribution in [2.24, 2.45) is 0 Å². The second-order valence-electron chi connectivity index (χ2n) is 4.54. The molecule has 0 bridgehead atoms. The van der Waals surface area contributed by atoms with Crippen LogP contribution in [0, 0.1) is 12.7 Å². The van der Waals surface area contributed by atoms with E-state index >= 15 is 0 Å². The maximum Gasteiger partial charge on any atom is 0.134 e. The van der Waals surface area contributed by atoms with Gasteiger partial charge in [0, 0.05) is 5.39 Å². The number of nitrogens with one attached hydrogen (secondary N) is 1. The lowest BCUT2D eigenvalue weighted by molar-refractivity contribution is 0.479. The molecule has 0 saturated carbocycles. The van der Waals surface area contributed by atoms with Gasteiger partial charge in [0.25, 0.3) is 0 Å². The third-order valence-electron chi connectivity index (χ3n) is 3.14. The topological polar surface area (TPSA) is 51.0 Å². The molecule has 0 aliphatic heterocycles. The highest BCUT2D eigenvalue weighted by Crippen LogP contribution is 2.31. The number of hydrogen-bond donors (Lipinski definition) is 1. The van der Waals surface area contributed by atoms with Gasteiger partial charge < -0.3 is 9.73 Å². The molecule has 0 aliphatic carbocycles. The lowest BCUT2D eigenvalue weighted by Gasteiger charge is -2.13. The molecule has 6 heteroatoms. The van der Waals surface area contributed by atoms with Crippen molar-refractivity contribution in [3.8, 4) is 0 Å². The first-order chi connectivity index (χ1) is 9.69. The Kier molecular flexibility index (Phi) is 3.50. The molecule has 0 amide bonds. The van der Waals surface area contributed by atoms with Gasteiger partial charge in [-0.1, -0.05) is 11.4 Å². The molecular formula is C14H14FN3OS. The Morgan fingerprint density at radius 3 is 2.95 bits per heavy atom. The van der Waals surface area contributed by atoms with Crippen LogP contribution in [-0.4, -0.2) is 16.1 Å². The van der Waals surface area contributed by atoms with Crippen molar-refractivity contribution in [2.45, 2.75) is 19.9 Å². The summed E-state index contributed by atoms with van der Waals surface area (Å²) in [6.45, 7) is 4.73. The summed E-state index contributed by atoms with van der Waals surface area (Å²) in [5, 5.41) is 8.16. The SMILES string of the molecule is CCNC(c1cc2cc(F)ccc2o1)c1snnc1C. The van der Waals surface area contributed by atoms with Gasteiger partial charge in [-0.15, -0.1) is 5.10 Å². The molecule has 3 rings (SSSR count). The fourth-order valence-corrected chi connectivity index (χ4v) is 2.94. The summed E-state index contributed by atoms with van der Waals surface area (Å²) in [6.07, 6.45) is 0. The van der Waals surface area contributed by atoms with Gasteiger partial charge in [-0.05, 0) is 49.3 Å². The molecule has 2 heterocycles. The highest BCUT2D eigenvalue weighted by atomic mass is 32.1. The highest BCUT2D eigenvalue weighted by Gasteiger charge is 2.22. The van der Waals surface area contributed by atoms with Crippen molar-refractivity contribution >= 4 is 22.5 Å². The van der Waals surface area contributed by atoms with Crippen LogP contribution < -0.4 is 5.32 Å². The summed E-state index contributed by atoms with van der Waals surface area (Å²) < 4.78 is 23.1. The number of aryl methyl sites for hydroxylation is 1. The molecule has 0 radical (unpaired) electrons. The molecule has 3 aromatic rings. The zero-order chi connectivity index (χ0) is 14.1. The Labute approximate surface area is 119 Å². The molecular weight excluding hydrogens is 277 g/mol. The third kappa shape index (κ3) is 2.32. The number of nitrogens with zero attached hydrogens (tertiary/aromatic N) is 2. The predicted molar refractivity (Wildman–Crippen MR) is 76.3 cm³/mol. The first kappa shape index (κ1) is 13.2. The number of halogens is 1. The van der Waals surface area contributed by atoms with E-state index in [1.165, 1.54) is 23.7 Å². The van der Waals surface area contributed by atoms with Crippen LogP contribution in [0.2, 0.25) is 0 Å².